The van der Waals surface area contributed by atoms with Gasteiger partial charge in [0, 0.05) is 11.8 Å². The van der Waals surface area contributed by atoms with Gasteiger partial charge in [0.25, 0.3) is 5.91 Å². The van der Waals surface area contributed by atoms with Crippen LogP contribution in [-0.4, -0.2) is 19.1 Å². The van der Waals surface area contributed by atoms with Crippen LogP contribution in [0.4, 0.5) is 10.1 Å². The standard InChI is InChI=1S/C18H16FNO3/c19-15-9-12(11-1-2-11)3-5-14(15)18(21)20-13-4-6-16-17(10-13)23-8-7-22-16/h3-6,9-11H,1-2,7-8H2,(H,20,21). The summed E-state index contributed by atoms with van der Waals surface area (Å²) in [6, 6.07) is 9.98. The lowest BCUT2D eigenvalue weighted by molar-refractivity contribution is 0.102. The molecule has 1 heterocycles. The molecular formula is C18H16FNO3. The van der Waals surface area contributed by atoms with Crippen LogP contribution in [0, 0.1) is 5.82 Å². The minimum absolute atomic E-state index is 0.0456. The Balaban J connectivity index is 1.53. The molecule has 1 saturated carbocycles. The average Bonchev–Trinajstić information content (AvgIpc) is 3.39. The fourth-order valence-corrected chi connectivity index (χ4v) is 2.71. The van der Waals surface area contributed by atoms with Crippen LogP contribution in [0.15, 0.2) is 36.4 Å². The summed E-state index contributed by atoms with van der Waals surface area (Å²) in [5.74, 6) is 0.734. The molecule has 23 heavy (non-hydrogen) atoms. The highest BCUT2D eigenvalue weighted by atomic mass is 19.1. The third kappa shape index (κ3) is 2.86. The van der Waals surface area contributed by atoms with Gasteiger partial charge in [-0.3, -0.25) is 4.79 Å². The van der Waals surface area contributed by atoms with Gasteiger partial charge >= 0.3 is 0 Å². The zero-order valence-corrected chi connectivity index (χ0v) is 12.5. The number of rotatable bonds is 3. The van der Waals surface area contributed by atoms with Gasteiger partial charge in [0.2, 0.25) is 0 Å². The maximum atomic E-state index is 14.2. The Morgan fingerprint density at radius 3 is 2.57 bits per heavy atom. The predicted molar refractivity (Wildman–Crippen MR) is 83.8 cm³/mol. The SMILES string of the molecule is O=C(Nc1ccc2c(c1)OCCO2)c1ccc(C2CC2)cc1F. The van der Waals surface area contributed by atoms with Crippen LogP contribution >= 0.6 is 0 Å². The maximum Gasteiger partial charge on any atom is 0.258 e. The Labute approximate surface area is 133 Å². The van der Waals surface area contributed by atoms with Gasteiger partial charge in [0.1, 0.15) is 19.0 Å². The van der Waals surface area contributed by atoms with E-state index in [4.69, 9.17) is 9.47 Å². The largest absolute Gasteiger partial charge is 0.486 e. The van der Waals surface area contributed by atoms with Crippen LogP contribution in [0.3, 0.4) is 0 Å². The van der Waals surface area contributed by atoms with Crippen LogP contribution in [0.5, 0.6) is 11.5 Å². The summed E-state index contributed by atoms with van der Waals surface area (Å²) in [5, 5.41) is 2.70. The van der Waals surface area contributed by atoms with Crippen molar-refractivity contribution in [1.29, 1.82) is 0 Å². The lowest BCUT2D eigenvalue weighted by atomic mass is 10.1. The van der Waals surface area contributed by atoms with Gasteiger partial charge in [-0.25, -0.2) is 4.39 Å². The van der Waals surface area contributed by atoms with E-state index in [2.05, 4.69) is 5.32 Å². The summed E-state index contributed by atoms with van der Waals surface area (Å²) < 4.78 is 25.1. The average molecular weight is 313 g/mol. The highest BCUT2D eigenvalue weighted by molar-refractivity contribution is 6.04. The molecular weight excluding hydrogens is 297 g/mol. The molecule has 1 aliphatic heterocycles. The van der Waals surface area contributed by atoms with Gasteiger partial charge in [0.15, 0.2) is 11.5 Å². The van der Waals surface area contributed by atoms with Gasteiger partial charge in [-0.05, 0) is 48.6 Å². The molecule has 0 radical (unpaired) electrons. The molecule has 1 fully saturated rings. The second-order valence-corrected chi connectivity index (χ2v) is 5.83. The number of fused-ring (bicyclic) bond motifs is 1. The first kappa shape index (κ1) is 14.1. The molecule has 0 saturated heterocycles. The molecule has 2 aromatic rings. The number of carbonyl (C=O) groups excluding carboxylic acids is 1. The van der Waals surface area contributed by atoms with E-state index in [-0.39, 0.29) is 5.56 Å². The Hall–Kier alpha value is -2.56. The number of ether oxygens (including phenoxy) is 2. The molecule has 118 valence electrons. The minimum atomic E-state index is -0.482. The summed E-state index contributed by atoms with van der Waals surface area (Å²) in [7, 11) is 0. The number of benzene rings is 2. The van der Waals surface area contributed by atoms with Crippen molar-refractivity contribution in [3.05, 3.63) is 53.3 Å². The summed E-state index contributed by atoms with van der Waals surface area (Å²) in [6.45, 7) is 0.985. The molecule has 0 aromatic heterocycles. The molecule has 0 bridgehead atoms. The van der Waals surface area contributed by atoms with Crippen molar-refractivity contribution in [1.82, 2.24) is 0 Å². The van der Waals surface area contributed by atoms with E-state index in [1.165, 1.54) is 6.07 Å². The number of hydrogen-bond donors (Lipinski definition) is 1. The van der Waals surface area contributed by atoms with E-state index in [0.717, 1.165) is 18.4 Å². The van der Waals surface area contributed by atoms with Crippen molar-refractivity contribution in [3.63, 3.8) is 0 Å². The first-order chi connectivity index (χ1) is 11.2. The maximum absolute atomic E-state index is 14.2. The van der Waals surface area contributed by atoms with Crippen molar-refractivity contribution in [2.45, 2.75) is 18.8 Å². The van der Waals surface area contributed by atoms with Crippen molar-refractivity contribution >= 4 is 11.6 Å². The van der Waals surface area contributed by atoms with Gasteiger partial charge in [0.05, 0.1) is 5.56 Å². The summed E-state index contributed by atoms with van der Waals surface area (Å²) in [5.41, 5.74) is 1.56. The van der Waals surface area contributed by atoms with E-state index < -0.39 is 11.7 Å². The zero-order valence-electron chi connectivity index (χ0n) is 12.5. The second-order valence-electron chi connectivity index (χ2n) is 5.83. The highest BCUT2D eigenvalue weighted by Gasteiger charge is 2.25. The fourth-order valence-electron chi connectivity index (χ4n) is 2.71. The van der Waals surface area contributed by atoms with Gasteiger partial charge in [-0.2, -0.15) is 0 Å². The van der Waals surface area contributed by atoms with Crippen LogP contribution < -0.4 is 14.8 Å². The molecule has 5 heteroatoms. The van der Waals surface area contributed by atoms with E-state index >= 15 is 0 Å². The molecule has 1 aliphatic carbocycles. The van der Waals surface area contributed by atoms with Crippen LogP contribution in [0.25, 0.3) is 0 Å². The number of amides is 1. The van der Waals surface area contributed by atoms with Crippen LogP contribution in [0.2, 0.25) is 0 Å². The lowest BCUT2D eigenvalue weighted by Gasteiger charge is -2.19. The summed E-state index contributed by atoms with van der Waals surface area (Å²) in [6.07, 6.45) is 2.20. The number of halogens is 1. The predicted octanol–water partition coefficient (Wildman–Crippen LogP) is 3.73. The zero-order chi connectivity index (χ0) is 15.8. The number of carbonyl (C=O) groups is 1. The monoisotopic (exact) mass is 313 g/mol. The lowest BCUT2D eigenvalue weighted by Crippen LogP contribution is -2.17. The summed E-state index contributed by atoms with van der Waals surface area (Å²) in [4.78, 5) is 12.3. The topological polar surface area (TPSA) is 47.6 Å². The molecule has 0 unspecified atom stereocenters. The quantitative estimate of drug-likeness (QED) is 0.939. The smallest absolute Gasteiger partial charge is 0.258 e. The Kier molecular flexibility index (Phi) is 3.41. The van der Waals surface area contributed by atoms with Crippen LogP contribution in [0.1, 0.15) is 34.7 Å². The summed E-state index contributed by atoms with van der Waals surface area (Å²) >= 11 is 0. The Morgan fingerprint density at radius 2 is 1.83 bits per heavy atom. The fraction of sp³-hybridized carbons (Fsp3) is 0.278. The number of hydrogen-bond acceptors (Lipinski definition) is 3. The van der Waals surface area contributed by atoms with E-state index in [0.29, 0.717) is 36.3 Å². The molecule has 1 N–H and O–H groups in total. The van der Waals surface area contributed by atoms with Gasteiger partial charge < -0.3 is 14.8 Å². The molecule has 0 atom stereocenters. The Bertz CT molecular complexity index is 771. The van der Waals surface area contributed by atoms with E-state index in [1.54, 1.807) is 24.3 Å². The molecule has 4 rings (SSSR count). The first-order valence-corrected chi connectivity index (χ1v) is 7.71. The third-order valence-electron chi connectivity index (χ3n) is 4.09. The number of nitrogens with one attached hydrogen (secondary N) is 1. The first-order valence-electron chi connectivity index (χ1n) is 7.71. The van der Waals surface area contributed by atoms with Crippen molar-refractivity contribution in [2.24, 2.45) is 0 Å². The van der Waals surface area contributed by atoms with Crippen molar-refractivity contribution in [2.75, 3.05) is 18.5 Å². The highest BCUT2D eigenvalue weighted by Crippen LogP contribution is 2.40. The van der Waals surface area contributed by atoms with Gasteiger partial charge in [-0.15, -0.1) is 0 Å². The normalized spacial score (nSPS) is 16.0. The van der Waals surface area contributed by atoms with Crippen molar-refractivity contribution < 1.29 is 18.7 Å². The third-order valence-corrected chi connectivity index (χ3v) is 4.09. The van der Waals surface area contributed by atoms with E-state index in [9.17, 15) is 9.18 Å². The number of anilines is 1. The molecule has 2 aliphatic rings. The van der Waals surface area contributed by atoms with Crippen LogP contribution in [-0.2, 0) is 0 Å². The Morgan fingerprint density at radius 1 is 1.04 bits per heavy atom. The second kappa shape index (κ2) is 5.57. The van der Waals surface area contributed by atoms with Crippen molar-refractivity contribution in [3.8, 4) is 11.5 Å². The van der Waals surface area contributed by atoms with E-state index in [1.807, 2.05) is 6.07 Å². The minimum Gasteiger partial charge on any atom is -0.486 e. The van der Waals surface area contributed by atoms with Gasteiger partial charge in [-0.1, -0.05) is 6.07 Å². The molecule has 2 aromatic carbocycles. The molecule has 1 amide bonds. The molecule has 0 spiro atoms. The molecule has 4 nitrogen and oxygen atoms in total.